The minimum atomic E-state index is 0.528. The Labute approximate surface area is 126 Å². The molecule has 0 atom stereocenters. The van der Waals surface area contributed by atoms with E-state index in [1.54, 1.807) is 7.11 Å². The van der Waals surface area contributed by atoms with Crippen molar-refractivity contribution in [3.8, 4) is 17.6 Å². The van der Waals surface area contributed by atoms with Crippen molar-refractivity contribution in [1.29, 1.82) is 0 Å². The van der Waals surface area contributed by atoms with Crippen LogP contribution in [0.2, 0.25) is 0 Å². The summed E-state index contributed by atoms with van der Waals surface area (Å²) in [5, 5.41) is 0. The fraction of sp³-hybridized carbons (Fsp3) is 0.500. The first-order valence-corrected chi connectivity index (χ1v) is 7.16. The van der Waals surface area contributed by atoms with Gasteiger partial charge in [-0.25, -0.2) is 0 Å². The van der Waals surface area contributed by atoms with Crippen molar-refractivity contribution >= 4 is 11.6 Å². The molecule has 0 aliphatic carbocycles. The Balaban J connectivity index is 2.38. The van der Waals surface area contributed by atoms with Crippen LogP contribution in [0.15, 0.2) is 18.2 Å². The van der Waals surface area contributed by atoms with Crippen LogP contribution in [0.25, 0.3) is 0 Å². The Morgan fingerprint density at radius 1 is 1.15 bits per heavy atom. The van der Waals surface area contributed by atoms with E-state index in [9.17, 15) is 0 Å². The van der Waals surface area contributed by atoms with Crippen molar-refractivity contribution in [2.24, 2.45) is 0 Å². The maximum absolute atomic E-state index is 5.61. The third-order valence-corrected chi connectivity index (χ3v) is 2.76. The molecule has 0 aromatic heterocycles. The van der Waals surface area contributed by atoms with Gasteiger partial charge in [-0.2, -0.15) is 0 Å². The minimum absolute atomic E-state index is 0.528. The average Bonchev–Trinajstić information content (AvgIpc) is 2.45. The summed E-state index contributed by atoms with van der Waals surface area (Å²) >= 11 is 5.59. The summed E-state index contributed by atoms with van der Waals surface area (Å²) in [6, 6.07) is 5.88. The van der Waals surface area contributed by atoms with Gasteiger partial charge in [0.1, 0.15) is 12.4 Å². The van der Waals surface area contributed by atoms with Gasteiger partial charge >= 0.3 is 0 Å². The molecule has 0 amide bonds. The number of hydrogen-bond acceptors (Lipinski definition) is 3. The van der Waals surface area contributed by atoms with Crippen LogP contribution in [0.3, 0.4) is 0 Å². The Bertz CT molecular complexity index is 449. The molecule has 0 unspecified atom stereocenters. The summed E-state index contributed by atoms with van der Waals surface area (Å²) in [7, 11) is 1.65. The molecule has 0 saturated carbocycles. The SMILES string of the molecule is COCCOCCOc1ccc(C#CCCCl)c(C)c1. The molecule has 1 rings (SSSR count). The largest absolute Gasteiger partial charge is 0.491 e. The van der Waals surface area contributed by atoms with E-state index >= 15 is 0 Å². The van der Waals surface area contributed by atoms with Crippen molar-refractivity contribution < 1.29 is 14.2 Å². The van der Waals surface area contributed by atoms with E-state index in [2.05, 4.69) is 11.8 Å². The summed E-state index contributed by atoms with van der Waals surface area (Å²) in [4.78, 5) is 0. The molecule has 0 N–H and O–H groups in total. The molecule has 0 bridgehead atoms. The predicted molar refractivity (Wildman–Crippen MR) is 81.6 cm³/mol. The summed E-state index contributed by atoms with van der Waals surface area (Å²) < 4.78 is 15.8. The fourth-order valence-corrected chi connectivity index (χ4v) is 1.63. The van der Waals surface area contributed by atoms with Crippen LogP contribution in [0.1, 0.15) is 17.5 Å². The first kappa shape index (κ1) is 16.8. The molecule has 4 heteroatoms. The third-order valence-electron chi connectivity index (χ3n) is 2.57. The van der Waals surface area contributed by atoms with E-state index in [0.717, 1.165) is 16.9 Å². The van der Waals surface area contributed by atoms with Crippen molar-refractivity contribution in [2.45, 2.75) is 13.3 Å². The van der Waals surface area contributed by atoms with Crippen LogP contribution in [-0.4, -0.2) is 39.4 Å². The Morgan fingerprint density at radius 2 is 1.95 bits per heavy atom. The van der Waals surface area contributed by atoms with Gasteiger partial charge in [-0.05, 0) is 30.7 Å². The van der Waals surface area contributed by atoms with Crippen LogP contribution < -0.4 is 4.74 Å². The zero-order valence-corrected chi connectivity index (χ0v) is 12.8. The van der Waals surface area contributed by atoms with E-state index in [4.69, 9.17) is 25.8 Å². The van der Waals surface area contributed by atoms with Gasteiger partial charge in [0, 0.05) is 25.0 Å². The van der Waals surface area contributed by atoms with Crippen molar-refractivity contribution in [1.82, 2.24) is 0 Å². The molecule has 1 aromatic carbocycles. The highest BCUT2D eigenvalue weighted by molar-refractivity contribution is 6.18. The summed E-state index contributed by atoms with van der Waals surface area (Å²) in [6.45, 7) is 4.30. The highest BCUT2D eigenvalue weighted by atomic mass is 35.5. The second kappa shape index (κ2) is 10.6. The van der Waals surface area contributed by atoms with Crippen molar-refractivity contribution in [2.75, 3.05) is 39.4 Å². The molecule has 3 nitrogen and oxygen atoms in total. The van der Waals surface area contributed by atoms with Gasteiger partial charge in [0.15, 0.2) is 0 Å². The number of benzene rings is 1. The van der Waals surface area contributed by atoms with Gasteiger partial charge in [0.25, 0.3) is 0 Å². The summed E-state index contributed by atoms with van der Waals surface area (Å²) in [6.07, 6.45) is 0.706. The normalized spacial score (nSPS) is 9.95. The van der Waals surface area contributed by atoms with Crippen molar-refractivity contribution in [3.63, 3.8) is 0 Å². The second-order valence-corrected chi connectivity index (χ2v) is 4.55. The maximum Gasteiger partial charge on any atom is 0.119 e. The van der Waals surface area contributed by atoms with Gasteiger partial charge in [0.2, 0.25) is 0 Å². The van der Waals surface area contributed by atoms with Crippen LogP contribution >= 0.6 is 11.6 Å². The monoisotopic (exact) mass is 296 g/mol. The van der Waals surface area contributed by atoms with Gasteiger partial charge in [-0.15, -0.1) is 11.6 Å². The molecule has 0 heterocycles. The van der Waals surface area contributed by atoms with Crippen LogP contribution in [0, 0.1) is 18.8 Å². The first-order chi connectivity index (χ1) is 9.77. The zero-order chi connectivity index (χ0) is 14.6. The smallest absolute Gasteiger partial charge is 0.119 e. The van der Waals surface area contributed by atoms with Crippen LogP contribution in [0.5, 0.6) is 5.75 Å². The Morgan fingerprint density at radius 3 is 2.65 bits per heavy atom. The van der Waals surface area contributed by atoms with Crippen molar-refractivity contribution in [3.05, 3.63) is 29.3 Å². The number of ether oxygens (including phenoxy) is 3. The maximum atomic E-state index is 5.61. The van der Waals surface area contributed by atoms with Gasteiger partial charge < -0.3 is 14.2 Å². The standard InChI is InChI=1S/C16H21ClO3/c1-14-13-16(20-12-11-19-10-9-18-2)7-6-15(14)5-3-4-8-17/h6-7,13H,4,8-12H2,1-2H3. The van der Waals surface area contributed by atoms with E-state index in [0.29, 0.717) is 38.7 Å². The lowest BCUT2D eigenvalue weighted by molar-refractivity contribution is 0.0544. The number of aryl methyl sites for hydroxylation is 1. The lowest BCUT2D eigenvalue weighted by Gasteiger charge is -2.08. The molecule has 1 aromatic rings. The highest BCUT2D eigenvalue weighted by Gasteiger charge is 1.99. The Kier molecular flexibility index (Phi) is 8.90. The van der Waals surface area contributed by atoms with E-state index in [1.807, 2.05) is 25.1 Å². The highest BCUT2D eigenvalue weighted by Crippen LogP contribution is 2.16. The van der Waals surface area contributed by atoms with Gasteiger partial charge in [-0.1, -0.05) is 11.8 Å². The van der Waals surface area contributed by atoms with E-state index in [-0.39, 0.29) is 0 Å². The lowest BCUT2D eigenvalue weighted by Crippen LogP contribution is -2.10. The van der Waals surface area contributed by atoms with E-state index < -0.39 is 0 Å². The topological polar surface area (TPSA) is 27.7 Å². The van der Waals surface area contributed by atoms with Gasteiger partial charge in [-0.3, -0.25) is 0 Å². The zero-order valence-electron chi connectivity index (χ0n) is 12.1. The van der Waals surface area contributed by atoms with Crippen LogP contribution in [-0.2, 0) is 9.47 Å². The number of hydrogen-bond donors (Lipinski definition) is 0. The third kappa shape index (κ3) is 6.81. The lowest BCUT2D eigenvalue weighted by atomic mass is 10.1. The molecular formula is C16H21ClO3. The first-order valence-electron chi connectivity index (χ1n) is 6.63. The molecule has 20 heavy (non-hydrogen) atoms. The number of rotatable bonds is 8. The molecule has 0 radical (unpaired) electrons. The van der Waals surface area contributed by atoms with Gasteiger partial charge in [0.05, 0.1) is 19.8 Å². The number of alkyl halides is 1. The minimum Gasteiger partial charge on any atom is -0.491 e. The summed E-state index contributed by atoms with van der Waals surface area (Å²) in [5.74, 6) is 7.53. The molecular weight excluding hydrogens is 276 g/mol. The Hall–Kier alpha value is -1.21. The molecule has 110 valence electrons. The quantitative estimate of drug-likeness (QED) is 0.419. The predicted octanol–water partition coefficient (Wildman–Crippen LogP) is 3.02. The second-order valence-electron chi connectivity index (χ2n) is 4.17. The number of halogens is 1. The van der Waals surface area contributed by atoms with E-state index in [1.165, 1.54) is 0 Å². The average molecular weight is 297 g/mol. The molecule has 0 aliphatic rings. The number of methoxy groups -OCH3 is 1. The fourth-order valence-electron chi connectivity index (χ4n) is 1.53. The van der Waals surface area contributed by atoms with Crippen LogP contribution in [0.4, 0.5) is 0 Å². The molecule has 0 spiro atoms. The molecule has 0 aliphatic heterocycles. The summed E-state index contributed by atoms with van der Waals surface area (Å²) in [5.41, 5.74) is 2.11. The molecule has 0 fully saturated rings. The molecule has 0 saturated heterocycles.